The lowest BCUT2D eigenvalue weighted by atomic mass is 9.99. The third-order valence-electron chi connectivity index (χ3n) is 3.38. The first kappa shape index (κ1) is 14.0. The van der Waals surface area contributed by atoms with Gasteiger partial charge in [-0.05, 0) is 24.3 Å². The Labute approximate surface area is 127 Å². The van der Waals surface area contributed by atoms with E-state index in [1.807, 2.05) is 12.1 Å². The summed E-state index contributed by atoms with van der Waals surface area (Å²) < 4.78 is 16.5. The van der Waals surface area contributed by atoms with Crippen molar-refractivity contribution in [2.24, 2.45) is 0 Å². The van der Waals surface area contributed by atoms with Gasteiger partial charge in [-0.3, -0.25) is 0 Å². The summed E-state index contributed by atoms with van der Waals surface area (Å²) in [5.74, 6) is 1.78. The molecule has 1 unspecified atom stereocenters. The maximum Gasteiger partial charge on any atom is 0.167 e. The summed E-state index contributed by atoms with van der Waals surface area (Å²) in [6, 6.07) is 10.6. The molecule has 0 saturated heterocycles. The van der Waals surface area contributed by atoms with E-state index in [9.17, 15) is 5.11 Å². The number of rotatable bonds is 3. The van der Waals surface area contributed by atoms with Gasteiger partial charge < -0.3 is 19.3 Å². The summed E-state index contributed by atoms with van der Waals surface area (Å²) in [6.45, 7) is 0.969. The Balaban J connectivity index is 2.07. The molecule has 0 radical (unpaired) electrons. The minimum absolute atomic E-state index is 0.462. The van der Waals surface area contributed by atoms with Gasteiger partial charge in [-0.1, -0.05) is 23.7 Å². The molecule has 2 aromatic carbocycles. The molecule has 4 nitrogen and oxygen atoms in total. The fourth-order valence-corrected chi connectivity index (χ4v) is 2.58. The largest absolute Gasteiger partial charge is 0.496 e. The molecule has 1 aliphatic rings. The average Bonchev–Trinajstić information content (AvgIpc) is 2.53. The summed E-state index contributed by atoms with van der Waals surface area (Å²) >= 11 is 6.03. The summed E-state index contributed by atoms with van der Waals surface area (Å²) in [6.07, 6.45) is -0.907. The smallest absolute Gasteiger partial charge is 0.167 e. The Bertz CT molecular complexity index is 657. The number of para-hydroxylation sites is 1. The van der Waals surface area contributed by atoms with Gasteiger partial charge in [-0.2, -0.15) is 0 Å². The Hall–Kier alpha value is -1.91. The van der Waals surface area contributed by atoms with E-state index in [2.05, 4.69) is 0 Å². The second kappa shape index (κ2) is 5.84. The van der Waals surface area contributed by atoms with Crippen molar-refractivity contribution < 1.29 is 19.3 Å². The van der Waals surface area contributed by atoms with Crippen LogP contribution >= 0.6 is 11.6 Å². The van der Waals surface area contributed by atoms with E-state index in [0.717, 1.165) is 0 Å². The first-order chi connectivity index (χ1) is 10.2. The maximum absolute atomic E-state index is 10.7. The van der Waals surface area contributed by atoms with Crippen molar-refractivity contribution in [1.82, 2.24) is 0 Å². The SMILES string of the molecule is COc1ccc(Cl)cc1C(O)c1cccc2c1OCCO2. The number of aliphatic hydroxyl groups excluding tert-OH is 1. The molecular weight excluding hydrogens is 292 g/mol. The molecular formula is C16H15ClO4. The Kier molecular flexibility index (Phi) is 3.90. The fourth-order valence-electron chi connectivity index (χ4n) is 2.40. The number of aliphatic hydroxyl groups is 1. The first-order valence-electron chi connectivity index (χ1n) is 6.60. The van der Waals surface area contributed by atoms with Crippen LogP contribution in [0.3, 0.4) is 0 Å². The van der Waals surface area contributed by atoms with Gasteiger partial charge in [0.05, 0.1) is 7.11 Å². The van der Waals surface area contributed by atoms with Crippen molar-refractivity contribution in [3.8, 4) is 17.2 Å². The van der Waals surface area contributed by atoms with E-state index in [0.29, 0.717) is 46.6 Å². The van der Waals surface area contributed by atoms with Crippen LogP contribution in [0.25, 0.3) is 0 Å². The molecule has 5 heteroatoms. The number of ether oxygens (including phenoxy) is 3. The van der Waals surface area contributed by atoms with Gasteiger partial charge in [0.15, 0.2) is 11.5 Å². The molecule has 2 aromatic rings. The van der Waals surface area contributed by atoms with E-state index in [4.69, 9.17) is 25.8 Å². The van der Waals surface area contributed by atoms with Gasteiger partial charge in [0.25, 0.3) is 0 Å². The van der Waals surface area contributed by atoms with Crippen molar-refractivity contribution in [2.75, 3.05) is 20.3 Å². The van der Waals surface area contributed by atoms with Gasteiger partial charge >= 0.3 is 0 Å². The van der Waals surface area contributed by atoms with E-state index in [1.165, 1.54) is 0 Å². The predicted molar refractivity (Wildman–Crippen MR) is 79.5 cm³/mol. The Morgan fingerprint density at radius 3 is 2.76 bits per heavy atom. The predicted octanol–water partition coefficient (Wildman–Crippen LogP) is 3.20. The van der Waals surface area contributed by atoms with Crippen molar-refractivity contribution >= 4 is 11.6 Å². The van der Waals surface area contributed by atoms with Gasteiger partial charge in [0.2, 0.25) is 0 Å². The molecule has 0 aliphatic carbocycles. The molecule has 0 saturated carbocycles. The van der Waals surface area contributed by atoms with Gasteiger partial charge in [-0.15, -0.1) is 0 Å². The molecule has 110 valence electrons. The molecule has 1 heterocycles. The molecule has 0 aromatic heterocycles. The van der Waals surface area contributed by atoms with E-state index in [1.54, 1.807) is 31.4 Å². The van der Waals surface area contributed by atoms with Crippen molar-refractivity contribution in [3.63, 3.8) is 0 Å². The highest BCUT2D eigenvalue weighted by molar-refractivity contribution is 6.30. The van der Waals surface area contributed by atoms with Crippen molar-refractivity contribution in [3.05, 3.63) is 52.5 Å². The zero-order valence-electron chi connectivity index (χ0n) is 11.5. The van der Waals surface area contributed by atoms with Crippen LogP contribution in [0.1, 0.15) is 17.2 Å². The molecule has 1 N–H and O–H groups in total. The summed E-state index contributed by atoms with van der Waals surface area (Å²) in [7, 11) is 1.56. The van der Waals surface area contributed by atoms with Crippen LogP contribution in [0, 0.1) is 0 Å². The van der Waals surface area contributed by atoms with Gasteiger partial charge in [0, 0.05) is 16.1 Å². The van der Waals surface area contributed by atoms with Crippen LogP contribution in [-0.4, -0.2) is 25.4 Å². The first-order valence-corrected chi connectivity index (χ1v) is 6.98. The normalized spacial score (nSPS) is 14.6. The Morgan fingerprint density at radius 1 is 1.14 bits per heavy atom. The number of benzene rings is 2. The molecule has 21 heavy (non-hydrogen) atoms. The van der Waals surface area contributed by atoms with Crippen LogP contribution in [0.15, 0.2) is 36.4 Å². The van der Waals surface area contributed by atoms with Crippen LogP contribution in [-0.2, 0) is 0 Å². The molecule has 1 aliphatic heterocycles. The van der Waals surface area contributed by atoms with Crippen molar-refractivity contribution in [2.45, 2.75) is 6.10 Å². The Morgan fingerprint density at radius 2 is 1.95 bits per heavy atom. The quantitative estimate of drug-likeness (QED) is 0.946. The monoisotopic (exact) mass is 306 g/mol. The second-order valence-corrected chi connectivity index (χ2v) is 5.10. The minimum atomic E-state index is -0.907. The van der Waals surface area contributed by atoms with Crippen LogP contribution in [0.4, 0.5) is 0 Å². The third-order valence-corrected chi connectivity index (χ3v) is 3.61. The highest BCUT2D eigenvalue weighted by atomic mass is 35.5. The molecule has 0 fully saturated rings. The number of hydrogen-bond acceptors (Lipinski definition) is 4. The molecule has 0 amide bonds. The van der Waals surface area contributed by atoms with E-state index < -0.39 is 6.10 Å². The summed E-state index contributed by atoms with van der Waals surface area (Å²) in [4.78, 5) is 0. The molecule has 0 bridgehead atoms. The lowest BCUT2D eigenvalue weighted by molar-refractivity contribution is 0.157. The number of fused-ring (bicyclic) bond motifs is 1. The summed E-state index contributed by atoms with van der Waals surface area (Å²) in [5.41, 5.74) is 1.22. The number of methoxy groups -OCH3 is 1. The number of hydrogen-bond donors (Lipinski definition) is 1. The minimum Gasteiger partial charge on any atom is -0.496 e. The molecule has 3 rings (SSSR count). The lowest BCUT2D eigenvalue weighted by Crippen LogP contribution is -2.17. The standard InChI is InChI=1S/C16H15ClO4/c1-19-13-6-5-10(17)9-12(13)15(18)11-3-2-4-14-16(11)21-8-7-20-14/h2-6,9,15,18H,7-8H2,1H3. The highest BCUT2D eigenvalue weighted by Gasteiger charge is 2.24. The average molecular weight is 307 g/mol. The van der Waals surface area contributed by atoms with E-state index >= 15 is 0 Å². The molecule has 1 atom stereocenters. The van der Waals surface area contributed by atoms with Crippen LogP contribution in [0.5, 0.6) is 17.2 Å². The zero-order valence-corrected chi connectivity index (χ0v) is 12.3. The third kappa shape index (κ3) is 2.64. The van der Waals surface area contributed by atoms with Crippen molar-refractivity contribution in [1.29, 1.82) is 0 Å². The topological polar surface area (TPSA) is 47.9 Å². The van der Waals surface area contributed by atoms with Crippen LogP contribution in [0.2, 0.25) is 5.02 Å². The maximum atomic E-state index is 10.7. The fraction of sp³-hybridized carbons (Fsp3) is 0.250. The van der Waals surface area contributed by atoms with Gasteiger partial charge in [0.1, 0.15) is 25.1 Å². The van der Waals surface area contributed by atoms with Crippen LogP contribution < -0.4 is 14.2 Å². The van der Waals surface area contributed by atoms with E-state index in [-0.39, 0.29) is 0 Å². The number of halogens is 1. The zero-order chi connectivity index (χ0) is 14.8. The van der Waals surface area contributed by atoms with Gasteiger partial charge in [-0.25, -0.2) is 0 Å². The second-order valence-electron chi connectivity index (χ2n) is 4.66. The lowest BCUT2D eigenvalue weighted by Gasteiger charge is -2.24. The summed E-state index contributed by atoms with van der Waals surface area (Å²) in [5, 5.41) is 11.2. The highest BCUT2D eigenvalue weighted by Crippen LogP contribution is 2.41. The molecule has 0 spiro atoms.